The number of likely N-dealkylation sites (tertiary alicyclic amines) is 1. The van der Waals surface area contributed by atoms with Crippen LogP contribution in [0.2, 0.25) is 0 Å². The third kappa shape index (κ3) is 3.11. The maximum atomic E-state index is 12.7. The average Bonchev–Trinajstić information content (AvgIpc) is 3.36. The lowest BCUT2D eigenvalue weighted by Crippen LogP contribution is -2.36. The van der Waals surface area contributed by atoms with Gasteiger partial charge in [0.15, 0.2) is 0 Å². The number of rotatable bonds is 5. The van der Waals surface area contributed by atoms with Gasteiger partial charge >= 0.3 is 0 Å². The molecule has 5 heteroatoms. The summed E-state index contributed by atoms with van der Waals surface area (Å²) in [6, 6.07) is 12.7. The van der Waals surface area contributed by atoms with Crippen LogP contribution in [0.3, 0.4) is 0 Å². The second kappa shape index (κ2) is 7.05. The van der Waals surface area contributed by atoms with E-state index >= 15 is 0 Å². The molecule has 1 amide bonds. The second-order valence-electron chi connectivity index (χ2n) is 6.13. The van der Waals surface area contributed by atoms with E-state index in [2.05, 4.69) is 33.8 Å². The molecule has 0 radical (unpaired) electrons. The highest BCUT2D eigenvalue weighted by Crippen LogP contribution is 2.29. The molecule has 0 bridgehead atoms. The Morgan fingerprint density at radius 1 is 1.12 bits per heavy atom. The molecular formula is C19H20N2OS2. The van der Waals surface area contributed by atoms with Crippen molar-refractivity contribution in [3.63, 3.8) is 0 Å². The predicted molar refractivity (Wildman–Crippen MR) is 102 cm³/mol. The van der Waals surface area contributed by atoms with E-state index in [0.29, 0.717) is 12.6 Å². The highest BCUT2D eigenvalue weighted by molar-refractivity contribution is 7.17. The number of fused-ring (bicyclic) bond motifs is 1. The van der Waals surface area contributed by atoms with Gasteiger partial charge < -0.3 is 5.32 Å². The van der Waals surface area contributed by atoms with Gasteiger partial charge in [-0.3, -0.25) is 9.69 Å². The summed E-state index contributed by atoms with van der Waals surface area (Å²) in [4.78, 5) is 16.5. The molecule has 1 aliphatic heterocycles. The monoisotopic (exact) mass is 356 g/mol. The van der Waals surface area contributed by atoms with E-state index in [-0.39, 0.29) is 5.91 Å². The first-order valence-corrected chi connectivity index (χ1v) is 10.1. The molecule has 0 spiro atoms. The normalized spacial score (nSPS) is 16.5. The minimum absolute atomic E-state index is 0.0354. The summed E-state index contributed by atoms with van der Waals surface area (Å²) in [5.74, 6) is 0.0354. The van der Waals surface area contributed by atoms with Gasteiger partial charge in [-0.25, -0.2) is 0 Å². The third-order valence-electron chi connectivity index (χ3n) is 4.63. The van der Waals surface area contributed by atoms with Gasteiger partial charge in [0.25, 0.3) is 5.91 Å². The molecule has 1 saturated heterocycles. The molecule has 1 fully saturated rings. The molecule has 124 valence electrons. The predicted octanol–water partition coefficient (Wildman–Crippen LogP) is 4.53. The molecule has 1 N–H and O–H groups in total. The number of carbonyl (C=O) groups excluding carboxylic acids is 1. The Balaban J connectivity index is 1.50. The first-order valence-electron chi connectivity index (χ1n) is 8.35. The molecule has 3 aromatic rings. The zero-order valence-corrected chi connectivity index (χ0v) is 15.0. The Kier molecular flexibility index (Phi) is 4.65. The summed E-state index contributed by atoms with van der Waals surface area (Å²) in [5, 5.41) is 8.31. The van der Waals surface area contributed by atoms with Gasteiger partial charge in [-0.05, 0) is 43.4 Å². The van der Waals surface area contributed by atoms with Crippen molar-refractivity contribution in [1.82, 2.24) is 10.2 Å². The van der Waals surface area contributed by atoms with Crippen LogP contribution >= 0.6 is 22.7 Å². The fraction of sp³-hybridized carbons (Fsp3) is 0.316. The van der Waals surface area contributed by atoms with Crippen molar-refractivity contribution >= 4 is 38.7 Å². The van der Waals surface area contributed by atoms with Crippen LogP contribution in [-0.4, -0.2) is 30.4 Å². The second-order valence-corrected chi connectivity index (χ2v) is 8.02. The first-order chi connectivity index (χ1) is 11.8. The lowest BCUT2D eigenvalue weighted by atomic mass is 10.1. The average molecular weight is 357 g/mol. The fourth-order valence-corrected chi connectivity index (χ4v) is 5.18. The molecule has 1 unspecified atom stereocenters. The Morgan fingerprint density at radius 3 is 2.75 bits per heavy atom. The molecule has 1 aromatic carbocycles. The van der Waals surface area contributed by atoms with Crippen molar-refractivity contribution in [2.45, 2.75) is 18.9 Å². The number of nitrogens with one attached hydrogen (secondary N) is 1. The zero-order chi connectivity index (χ0) is 16.4. The van der Waals surface area contributed by atoms with Gasteiger partial charge in [0.05, 0.1) is 11.6 Å². The van der Waals surface area contributed by atoms with Crippen LogP contribution in [0.1, 0.15) is 34.1 Å². The third-order valence-corrected chi connectivity index (χ3v) is 6.57. The maximum absolute atomic E-state index is 12.7. The number of carbonyl (C=O) groups is 1. The molecule has 2 aromatic heterocycles. The lowest BCUT2D eigenvalue weighted by molar-refractivity contribution is 0.0940. The number of hydrogen-bond acceptors (Lipinski definition) is 4. The number of thiophene rings is 2. The minimum atomic E-state index is 0.0354. The van der Waals surface area contributed by atoms with Gasteiger partial charge in [-0.1, -0.05) is 24.3 Å². The lowest BCUT2D eigenvalue weighted by Gasteiger charge is -2.26. The summed E-state index contributed by atoms with van der Waals surface area (Å²) in [6.45, 7) is 2.92. The molecule has 24 heavy (non-hydrogen) atoms. The van der Waals surface area contributed by atoms with Crippen LogP contribution in [-0.2, 0) is 0 Å². The summed E-state index contributed by atoms with van der Waals surface area (Å²) in [7, 11) is 0. The van der Waals surface area contributed by atoms with E-state index < -0.39 is 0 Å². The van der Waals surface area contributed by atoms with Crippen molar-refractivity contribution < 1.29 is 4.79 Å². The Labute approximate surface area is 149 Å². The highest BCUT2D eigenvalue weighted by Gasteiger charge is 2.25. The number of benzene rings is 1. The van der Waals surface area contributed by atoms with Crippen LogP contribution in [0.15, 0.2) is 47.2 Å². The van der Waals surface area contributed by atoms with Gasteiger partial charge in [-0.15, -0.1) is 22.7 Å². The molecule has 4 rings (SSSR count). The van der Waals surface area contributed by atoms with Gasteiger partial charge in [0, 0.05) is 26.9 Å². The van der Waals surface area contributed by atoms with Gasteiger partial charge in [0.1, 0.15) is 0 Å². The highest BCUT2D eigenvalue weighted by atomic mass is 32.1. The van der Waals surface area contributed by atoms with Gasteiger partial charge in [-0.2, -0.15) is 0 Å². The van der Waals surface area contributed by atoms with Crippen LogP contribution in [0.5, 0.6) is 0 Å². The number of nitrogens with zero attached hydrogens (tertiary/aromatic N) is 1. The fourth-order valence-electron chi connectivity index (χ4n) is 3.38. The molecule has 0 saturated carbocycles. The van der Waals surface area contributed by atoms with Crippen molar-refractivity contribution in [2.24, 2.45) is 0 Å². The van der Waals surface area contributed by atoms with E-state index in [9.17, 15) is 4.79 Å². The first kappa shape index (κ1) is 15.8. The van der Waals surface area contributed by atoms with Crippen LogP contribution < -0.4 is 5.32 Å². The molecule has 3 nitrogen and oxygen atoms in total. The summed E-state index contributed by atoms with van der Waals surface area (Å²) in [6.07, 6.45) is 2.51. The van der Waals surface area contributed by atoms with Crippen molar-refractivity contribution in [1.29, 1.82) is 0 Å². The standard InChI is InChI=1S/C19H20N2OS2/c22-19(15-13-24-17-7-2-1-6-14(15)17)20-12-16(18-8-5-11-23-18)21-9-3-4-10-21/h1-2,5-8,11,13,16H,3-4,9-10,12H2,(H,20,22). The maximum Gasteiger partial charge on any atom is 0.252 e. The van der Waals surface area contributed by atoms with Crippen molar-refractivity contribution in [2.75, 3.05) is 19.6 Å². The van der Waals surface area contributed by atoms with E-state index in [0.717, 1.165) is 28.7 Å². The largest absolute Gasteiger partial charge is 0.350 e. The molecular weight excluding hydrogens is 336 g/mol. The van der Waals surface area contributed by atoms with E-state index in [1.54, 1.807) is 22.7 Å². The smallest absolute Gasteiger partial charge is 0.252 e. The SMILES string of the molecule is O=C(NCC(c1cccs1)N1CCCC1)c1csc2ccccc12. The topological polar surface area (TPSA) is 32.3 Å². The van der Waals surface area contributed by atoms with E-state index in [4.69, 9.17) is 0 Å². The Bertz CT molecular complexity index is 819. The van der Waals surface area contributed by atoms with E-state index in [1.807, 2.05) is 23.6 Å². The van der Waals surface area contributed by atoms with Crippen molar-refractivity contribution in [3.8, 4) is 0 Å². The number of hydrogen-bond donors (Lipinski definition) is 1. The van der Waals surface area contributed by atoms with Gasteiger partial charge in [0.2, 0.25) is 0 Å². The molecule has 0 aliphatic carbocycles. The zero-order valence-electron chi connectivity index (χ0n) is 13.4. The Morgan fingerprint density at radius 2 is 1.96 bits per heavy atom. The minimum Gasteiger partial charge on any atom is -0.350 e. The molecule has 1 aliphatic rings. The van der Waals surface area contributed by atoms with Crippen LogP contribution in [0, 0.1) is 0 Å². The molecule has 1 atom stereocenters. The van der Waals surface area contributed by atoms with E-state index in [1.165, 1.54) is 17.7 Å². The summed E-state index contributed by atoms with van der Waals surface area (Å²) in [5.41, 5.74) is 0.793. The quantitative estimate of drug-likeness (QED) is 0.728. The summed E-state index contributed by atoms with van der Waals surface area (Å²) < 4.78 is 1.16. The van der Waals surface area contributed by atoms with Crippen LogP contribution in [0.4, 0.5) is 0 Å². The summed E-state index contributed by atoms with van der Waals surface area (Å²) >= 11 is 3.41. The Hall–Kier alpha value is -1.69. The number of amides is 1. The van der Waals surface area contributed by atoms with Crippen molar-refractivity contribution in [3.05, 3.63) is 57.6 Å². The van der Waals surface area contributed by atoms with Crippen LogP contribution in [0.25, 0.3) is 10.1 Å². The molecule has 3 heterocycles.